The van der Waals surface area contributed by atoms with E-state index in [9.17, 15) is 0 Å². The Labute approximate surface area is 270 Å². The van der Waals surface area contributed by atoms with Crippen molar-refractivity contribution in [2.45, 2.75) is 19.3 Å². The number of anilines is 3. The van der Waals surface area contributed by atoms with E-state index in [0.29, 0.717) is 0 Å². The molecule has 1 aliphatic rings. The third kappa shape index (κ3) is 3.52. The summed E-state index contributed by atoms with van der Waals surface area (Å²) in [7, 11) is 0. The molecule has 2 aromatic heterocycles. The second kappa shape index (κ2) is 9.32. The summed E-state index contributed by atoms with van der Waals surface area (Å²) in [6, 6.07) is 50.9. The Bertz CT molecular complexity index is 2690. The lowest BCUT2D eigenvalue weighted by atomic mass is 9.82. The molecule has 46 heavy (non-hydrogen) atoms. The van der Waals surface area contributed by atoms with Gasteiger partial charge in [-0.05, 0) is 75.5 Å². The van der Waals surface area contributed by atoms with Crippen molar-refractivity contribution in [2.24, 2.45) is 0 Å². The Morgan fingerprint density at radius 1 is 0.543 bits per heavy atom. The van der Waals surface area contributed by atoms with Gasteiger partial charge >= 0.3 is 0 Å². The summed E-state index contributed by atoms with van der Waals surface area (Å²) in [5.41, 5.74) is 10.4. The Hall–Kier alpha value is -5.38. The van der Waals surface area contributed by atoms with Crippen molar-refractivity contribution < 1.29 is 4.42 Å². The molecule has 0 fully saturated rings. The second-order valence-electron chi connectivity index (χ2n) is 12.9. The van der Waals surface area contributed by atoms with Crippen LogP contribution >= 0.6 is 11.3 Å². The van der Waals surface area contributed by atoms with Crippen LogP contribution in [-0.4, -0.2) is 0 Å². The molecule has 0 atom stereocenters. The zero-order valence-corrected chi connectivity index (χ0v) is 26.4. The molecule has 0 saturated heterocycles. The molecule has 0 aliphatic heterocycles. The van der Waals surface area contributed by atoms with Gasteiger partial charge in [-0.15, -0.1) is 11.3 Å². The zero-order chi connectivity index (χ0) is 30.6. The Kier molecular flexibility index (Phi) is 5.25. The van der Waals surface area contributed by atoms with Gasteiger partial charge in [0.05, 0.1) is 5.69 Å². The Morgan fingerprint density at radius 3 is 2.20 bits per heavy atom. The molecule has 7 aromatic carbocycles. The van der Waals surface area contributed by atoms with Crippen LogP contribution in [0.3, 0.4) is 0 Å². The third-order valence-corrected chi connectivity index (χ3v) is 11.2. The van der Waals surface area contributed by atoms with Crippen molar-refractivity contribution in [1.82, 2.24) is 0 Å². The highest BCUT2D eigenvalue weighted by atomic mass is 32.1. The van der Waals surface area contributed by atoms with Crippen molar-refractivity contribution in [3.63, 3.8) is 0 Å². The fourth-order valence-electron chi connectivity index (χ4n) is 7.84. The fraction of sp³-hybridized carbons (Fsp3) is 0.0698. The topological polar surface area (TPSA) is 16.4 Å². The SMILES string of the molecule is CC1(C)c2ccccc2-c2ccc(N(c3ccc4c(c3)sc3ccccc34)c3cccc4c3oc3ccc5ccccc5c34)cc21. The normalized spacial score (nSPS) is 13.6. The summed E-state index contributed by atoms with van der Waals surface area (Å²) < 4.78 is 9.38. The Morgan fingerprint density at radius 2 is 1.26 bits per heavy atom. The first kappa shape index (κ1) is 25.9. The minimum Gasteiger partial charge on any atom is -0.454 e. The summed E-state index contributed by atoms with van der Waals surface area (Å²) in [4.78, 5) is 2.40. The van der Waals surface area contributed by atoms with Gasteiger partial charge < -0.3 is 9.32 Å². The van der Waals surface area contributed by atoms with Gasteiger partial charge in [-0.1, -0.05) is 111 Å². The highest BCUT2D eigenvalue weighted by Gasteiger charge is 2.36. The Balaban J connectivity index is 1.26. The molecule has 0 N–H and O–H groups in total. The number of fused-ring (bicyclic) bond motifs is 11. The molecule has 0 amide bonds. The van der Waals surface area contributed by atoms with E-state index in [1.54, 1.807) is 0 Å². The molecule has 9 aromatic rings. The lowest BCUT2D eigenvalue weighted by Gasteiger charge is -2.28. The first-order chi connectivity index (χ1) is 22.6. The van der Waals surface area contributed by atoms with Crippen LogP contribution in [0.1, 0.15) is 25.0 Å². The molecule has 0 spiro atoms. The van der Waals surface area contributed by atoms with E-state index >= 15 is 0 Å². The van der Waals surface area contributed by atoms with Crippen molar-refractivity contribution in [2.75, 3.05) is 4.90 Å². The predicted molar refractivity (Wildman–Crippen MR) is 196 cm³/mol. The maximum absolute atomic E-state index is 6.80. The largest absolute Gasteiger partial charge is 0.454 e. The third-order valence-electron chi connectivity index (χ3n) is 10.1. The van der Waals surface area contributed by atoms with E-state index in [2.05, 4.69) is 158 Å². The fourth-order valence-corrected chi connectivity index (χ4v) is 8.98. The van der Waals surface area contributed by atoms with Gasteiger partial charge in [0.15, 0.2) is 5.58 Å². The van der Waals surface area contributed by atoms with Gasteiger partial charge in [-0.2, -0.15) is 0 Å². The number of benzene rings is 7. The van der Waals surface area contributed by atoms with Gasteiger partial charge in [0.25, 0.3) is 0 Å². The number of thiophene rings is 1. The van der Waals surface area contributed by atoms with Crippen molar-refractivity contribution in [1.29, 1.82) is 0 Å². The standard InChI is InChI=1S/C43H29NOS/c1-43(2)35-15-7-5-12-30(35)31-21-19-27(24-36(31)43)44(28-20-22-33-32-13-6-8-17-39(32)46-40(33)25-28)37-16-9-14-34-41-29-11-4-3-10-26(29)18-23-38(41)45-42(34)37/h3-25H,1-2H3. The first-order valence-corrected chi connectivity index (χ1v) is 16.7. The summed E-state index contributed by atoms with van der Waals surface area (Å²) in [5.74, 6) is 0. The lowest BCUT2D eigenvalue weighted by Crippen LogP contribution is -2.16. The lowest BCUT2D eigenvalue weighted by molar-refractivity contribution is 0.660. The van der Waals surface area contributed by atoms with Crippen molar-refractivity contribution in [3.05, 3.63) is 151 Å². The molecule has 2 nitrogen and oxygen atoms in total. The van der Waals surface area contributed by atoms with Crippen LogP contribution < -0.4 is 4.90 Å². The molecule has 3 heteroatoms. The summed E-state index contributed by atoms with van der Waals surface area (Å²) in [6.45, 7) is 4.69. The predicted octanol–water partition coefficient (Wildman–Crippen LogP) is 12.9. The molecule has 0 unspecified atom stereocenters. The van der Waals surface area contributed by atoms with Crippen molar-refractivity contribution in [3.8, 4) is 11.1 Å². The van der Waals surface area contributed by atoms with E-state index in [1.807, 2.05) is 11.3 Å². The molecule has 0 saturated carbocycles. The van der Waals surface area contributed by atoms with Crippen LogP contribution in [-0.2, 0) is 5.41 Å². The maximum Gasteiger partial charge on any atom is 0.159 e. The van der Waals surface area contributed by atoms with Crippen molar-refractivity contribution >= 4 is 81.3 Å². The highest BCUT2D eigenvalue weighted by molar-refractivity contribution is 7.25. The second-order valence-corrected chi connectivity index (χ2v) is 14.0. The monoisotopic (exact) mass is 607 g/mol. The average Bonchev–Trinajstić information content (AvgIpc) is 3.73. The first-order valence-electron chi connectivity index (χ1n) is 15.9. The number of hydrogen-bond donors (Lipinski definition) is 0. The van der Waals surface area contributed by atoms with Crippen LogP contribution in [0, 0.1) is 0 Å². The minimum atomic E-state index is -0.104. The summed E-state index contributed by atoms with van der Waals surface area (Å²) >= 11 is 1.85. The molecule has 2 heterocycles. The van der Waals surface area contributed by atoms with Gasteiger partial charge in [-0.25, -0.2) is 0 Å². The molecule has 1 aliphatic carbocycles. The summed E-state index contributed by atoms with van der Waals surface area (Å²) in [5, 5.41) is 7.33. The van der Waals surface area contributed by atoms with E-state index < -0.39 is 0 Å². The van der Waals surface area contributed by atoms with Crippen LogP contribution in [0.4, 0.5) is 17.1 Å². The number of furan rings is 1. The van der Waals surface area contributed by atoms with E-state index in [0.717, 1.165) is 33.6 Å². The number of para-hydroxylation sites is 1. The number of hydrogen-bond acceptors (Lipinski definition) is 3. The average molecular weight is 608 g/mol. The van der Waals surface area contributed by atoms with E-state index in [4.69, 9.17) is 4.42 Å². The van der Waals surface area contributed by atoms with Gasteiger partial charge in [0.2, 0.25) is 0 Å². The molecule has 0 bridgehead atoms. The number of nitrogens with zero attached hydrogens (tertiary/aromatic N) is 1. The molecule has 0 radical (unpaired) electrons. The minimum absolute atomic E-state index is 0.104. The van der Waals surface area contributed by atoms with E-state index in [1.165, 1.54) is 58.6 Å². The molecule has 10 rings (SSSR count). The van der Waals surface area contributed by atoms with Crippen LogP contribution in [0.25, 0.3) is 64.0 Å². The maximum atomic E-state index is 6.80. The van der Waals surface area contributed by atoms with Gasteiger partial charge in [0.1, 0.15) is 5.58 Å². The van der Waals surface area contributed by atoms with Crippen LogP contribution in [0.2, 0.25) is 0 Å². The van der Waals surface area contributed by atoms with E-state index in [-0.39, 0.29) is 5.41 Å². The quantitative estimate of drug-likeness (QED) is 0.199. The molecular formula is C43H29NOS. The smallest absolute Gasteiger partial charge is 0.159 e. The van der Waals surface area contributed by atoms with Gasteiger partial charge in [-0.3, -0.25) is 0 Å². The summed E-state index contributed by atoms with van der Waals surface area (Å²) in [6.07, 6.45) is 0. The zero-order valence-electron chi connectivity index (χ0n) is 25.5. The van der Waals surface area contributed by atoms with Crippen LogP contribution in [0.15, 0.2) is 144 Å². The molecular weight excluding hydrogens is 579 g/mol. The molecule has 218 valence electrons. The number of rotatable bonds is 3. The van der Waals surface area contributed by atoms with Gasteiger partial charge in [0, 0.05) is 47.7 Å². The highest BCUT2D eigenvalue weighted by Crippen LogP contribution is 2.52. The van der Waals surface area contributed by atoms with Crippen LogP contribution in [0.5, 0.6) is 0 Å².